The minimum absolute atomic E-state index is 0.0145. The molecule has 3 rings (SSSR count). The molecule has 3 aromatic carbocycles. The number of hydrogen-bond donors (Lipinski definition) is 1. The van der Waals surface area contributed by atoms with E-state index in [-0.39, 0.29) is 11.8 Å². The maximum absolute atomic E-state index is 13.4. The molecule has 1 N–H and O–H groups in total. The molecule has 0 heterocycles. The number of anilines is 2. The van der Waals surface area contributed by atoms with Crippen LogP contribution in [-0.2, 0) is 17.8 Å². The lowest BCUT2D eigenvalue weighted by Crippen LogP contribution is -2.34. The Hall–Kier alpha value is -3.60. The van der Waals surface area contributed by atoms with Crippen LogP contribution in [-0.4, -0.2) is 37.4 Å². The van der Waals surface area contributed by atoms with Gasteiger partial charge in [0.15, 0.2) is 0 Å². The lowest BCUT2D eigenvalue weighted by molar-refractivity contribution is -0.115. The third-order valence-corrected chi connectivity index (χ3v) is 5.55. The number of rotatable bonds is 9. The van der Waals surface area contributed by atoms with Crippen molar-refractivity contribution in [3.05, 3.63) is 95.1 Å². The minimum atomic E-state index is -0.0652. The van der Waals surface area contributed by atoms with E-state index in [1.54, 1.807) is 0 Å². The number of nitrogens with one attached hydrogen (secondary N) is 1. The summed E-state index contributed by atoms with van der Waals surface area (Å²) in [5, 5.41) is 3.02. The summed E-state index contributed by atoms with van der Waals surface area (Å²) in [6.07, 6.45) is 0.316. The van der Waals surface area contributed by atoms with Crippen LogP contribution in [0.4, 0.5) is 11.4 Å². The summed E-state index contributed by atoms with van der Waals surface area (Å²) in [5.41, 5.74) is 5.47. The van der Waals surface area contributed by atoms with Crippen molar-refractivity contribution in [2.24, 2.45) is 5.92 Å². The van der Waals surface area contributed by atoms with Gasteiger partial charge in [-0.15, -0.1) is 0 Å². The van der Waals surface area contributed by atoms with E-state index in [1.165, 1.54) is 0 Å². The number of hydrogen-bond acceptors (Lipinski definition) is 3. The van der Waals surface area contributed by atoms with Gasteiger partial charge in [-0.25, -0.2) is 0 Å². The van der Waals surface area contributed by atoms with Crippen LogP contribution in [0, 0.1) is 12.8 Å². The van der Waals surface area contributed by atoms with E-state index in [4.69, 9.17) is 0 Å². The van der Waals surface area contributed by atoms with E-state index in [9.17, 15) is 9.59 Å². The van der Waals surface area contributed by atoms with Gasteiger partial charge in [0.1, 0.15) is 0 Å². The predicted octanol–water partition coefficient (Wildman–Crippen LogP) is 5.54. The van der Waals surface area contributed by atoms with Crippen LogP contribution >= 0.6 is 0 Å². The molecule has 0 unspecified atom stereocenters. The van der Waals surface area contributed by atoms with Crippen molar-refractivity contribution in [2.75, 3.05) is 30.9 Å². The molecule has 5 heteroatoms. The molecule has 34 heavy (non-hydrogen) atoms. The van der Waals surface area contributed by atoms with Crippen molar-refractivity contribution < 1.29 is 9.59 Å². The summed E-state index contributed by atoms with van der Waals surface area (Å²) in [4.78, 5) is 30.0. The van der Waals surface area contributed by atoms with Gasteiger partial charge in [-0.2, -0.15) is 0 Å². The van der Waals surface area contributed by atoms with Gasteiger partial charge in [-0.3, -0.25) is 9.59 Å². The fourth-order valence-electron chi connectivity index (χ4n) is 4.04. The van der Waals surface area contributed by atoms with Crippen molar-refractivity contribution in [3.63, 3.8) is 0 Å². The van der Waals surface area contributed by atoms with Crippen molar-refractivity contribution in [1.82, 2.24) is 4.90 Å². The van der Waals surface area contributed by atoms with E-state index in [2.05, 4.69) is 19.2 Å². The highest BCUT2D eigenvalue weighted by Crippen LogP contribution is 2.26. The summed E-state index contributed by atoms with van der Waals surface area (Å²) < 4.78 is 0. The average Bonchev–Trinajstić information content (AvgIpc) is 2.78. The Morgan fingerprint density at radius 3 is 2.29 bits per heavy atom. The zero-order valence-corrected chi connectivity index (χ0v) is 20.8. The summed E-state index contributed by atoms with van der Waals surface area (Å²) >= 11 is 0. The Balaban J connectivity index is 1.85. The molecule has 0 fully saturated rings. The van der Waals surface area contributed by atoms with Crippen LogP contribution in [0.15, 0.2) is 72.8 Å². The fourth-order valence-corrected chi connectivity index (χ4v) is 4.04. The summed E-state index contributed by atoms with van der Waals surface area (Å²) in [6.45, 7) is 7.33. The van der Waals surface area contributed by atoms with Crippen LogP contribution in [0.5, 0.6) is 0 Å². The second-order valence-electron chi connectivity index (χ2n) is 9.40. The standard InChI is InChI=1S/C29H35N3O2/c1-21(2)19-32(29(34)24-13-9-10-22(3)16-24)20-25-18-26(14-15-27(25)31(4)5)30-28(33)17-23-11-7-6-8-12-23/h6-16,18,21H,17,19-20H2,1-5H3,(H,30,33). The number of benzene rings is 3. The van der Waals surface area contributed by atoms with Gasteiger partial charge in [0.25, 0.3) is 5.91 Å². The average molecular weight is 458 g/mol. The van der Waals surface area contributed by atoms with E-state index < -0.39 is 0 Å². The molecule has 0 aliphatic carbocycles. The number of nitrogens with zero attached hydrogens (tertiary/aromatic N) is 2. The zero-order valence-electron chi connectivity index (χ0n) is 20.8. The van der Waals surface area contributed by atoms with E-state index in [0.29, 0.717) is 31.0 Å². The molecule has 2 amide bonds. The van der Waals surface area contributed by atoms with E-state index in [0.717, 1.165) is 28.1 Å². The van der Waals surface area contributed by atoms with Crippen LogP contribution < -0.4 is 10.2 Å². The zero-order chi connectivity index (χ0) is 24.7. The van der Waals surface area contributed by atoms with Crippen molar-refractivity contribution in [1.29, 1.82) is 0 Å². The molecule has 5 nitrogen and oxygen atoms in total. The highest BCUT2D eigenvalue weighted by molar-refractivity contribution is 5.95. The lowest BCUT2D eigenvalue weighted by Gasteiger charge is -2.28. The molecule has 178 valence electrons. The predicted molar refractivity (Wildman–Crippen MR) is 140 cm³/mol. The number of carbonyl (C=O) groups is 2. The lowest BCUT2D eigenvalue weighted by atomic mass is 10.1. The first-order valence-electron chi connectivity index (χ1n) is 11.7. The smallest absolute Gasteiger partial charge is 0.254 e. The third-order valence-electron chi connectivity index (χ3n) is 5.55. The molecule has 0 aliphatic heterocycles. The van der Waals surface area contributed by atoms with Gasteiger partial charge in [-0.05, 0) is 54.3 Å². The third kappa shape index (κ3) is 6.95. The maximum atomic E-state index is 13.4. The van der Waals surface area contributed by atoms with Gasteiger partial charge in [0.05, 0.1) is 6.42 Å². The molecule has 0 saturated heterocycles. The van der Waals surface area contributed by atoms with Crippen LogP contribution in [0.25, 0.3) is 0 Å². The molecule has 0 bridgehead atoms. The van der Waals surface area contributed by atoms with Gasteiger partial charge >= 0.3 is 0 Å². The molecule has 0 atom stereocenters. The Bertz CT molecular complexity index is 1120. The SMILES string of the molecule is Cc1cccc(C(=O)N(Cc2cc(NC(=O)Cc3ccccc3)ccc2N(C)C)CC(C)C)c1. The molecule has 0 spiro atoms. The first-order valence-corrected chi connectivity index (χ1v) is 11.7. The van der Waals surface area contributed by atoms with E-state index in [1.807, 2.05) is 104 Å². The summed E-state index contributed by atoms with van der Waals surface area (Å²) in [7, 11) is 3.98. The minimum Gasteiger partial charge on any atom is -0.377 e. The fraction of sp³-hybridized carbons (Fsp3) is 0.310. The number of carbonyl (C=O) groups excluding carboxylic acids is 2. The van der Waals surface area contributed by atoms with Crippen molar-refractivity contribution in [3.8, 4) is 0 Å². The van der Waals surface area contributed by atoms with Gasteiger partial charge in [0.2, 0.25) is 5.91 Å². The largest absolute Gasteiger partial charge is 0.377 e. The first kappa shape index (κ1) is 25.0. The summed E-state index contributed by atoms with van der Waals surface area (Å²) in [5.74, 6) is 0.274. The number of amides is 2. The van der Waals surface area contributed by atoms with Gasteiger partial charge in [-0.1, -0.05) is 61.9 Å². The normalized spacial score (nSPS) is 10.8. The van der Waals surface area contributed by atoms with Crippen LogP contribution in [0.3, 0.4) is 0 Å². The number of aryl methyl sites for hydroxylation is 1. The van der Waals surface area contributed by atoms with Crippen molar-refractivity contribution in [2.45, 2.75) is 33.7 Å². The quantitative estimate of drug-likeness (QED) is 0.459. The molecule has 0 aromatic heterocycles. The topological polar surface area (TPSA) is 52.7 Å². The maximum Gasteiger partial charge on any atom is 0.254 e. The van der Waals surface area contributed by atoms with E-state index >= 15 is 0 Å². The van der Waals surface area contributed by atoms with Crippen molar-refractivity contribution >= 4 is 23.2 Å². The summed E-state index contributed by atoms with van der Waals surface area (Å²) in [6, 6.07) is 23.3. The first-order chi connectivity index (χ1) is 16.2. The molecule has 0 saturated carbocycles. The second-order valence-corrected chi connectivity index (χ2v) is 9.40. The second kappa shape index (κ2) is 11.5. The molecular formula is C29H35N3O2. The Morgan fingerprint density at radius 2 is 1.65 bits per heavy atom. The van der Waals surface area contributed by atoms with Gasteiger partial charge < -0.3 is 15.1 Å². The highest BCUT2D eigenvalue weighted by atomic mass is 16.2. The molecule has 0 radical (unpaired) electrons. The highest BCUT2D eigenvalue weighted by Gasteiger charge is 2.20. The molecule has 0 aliphatic rings. The van der Waals surface area contributed by atoms with Gasteiger partial charge in [0, 0.05) is 44.1 Å². The monoisotopic (exact) mass is 457 g/mol. The Labute approximate surface area is 203 Å². The van der Waals surface area contributed by atoms with Crippen LogP contribution in [0.2, 0.25) is 0 Å². The Kier molecular flexibility index (Phi) is 8.47. The van der Waals surface area contributed by atoms with Crippen LogP contribution in [0.1, 0.15) is 40.9 Å². The Morgan fingerprint density at radius 1 is 0.912 bits per heavy atom. The molecule has 3 aromatic rings. The molecular weight excluding hydrogens is 422 g/mol.